The summed E-state index contributed by atoms with van der Waals surface area (Å²) >= 11 is 0. The summed E-state index contributed by atoms with van der Waals surface area (Å²) in [7, 11) is 0. The van der Waals surface area contributed by atoms with Crippen molar-refractivity contribution < 1.29 is 27.8 Å². The highest BCUT2D eigenvalue weighted by atomic mass is 19.3. The first kappa shape index (κ1) is 27.3. The van der Waals surface area contributed by atoms with Crippen molar-refractivity contribution in [2.45, 2.75) is 38.7 Å². The van der Waals surface area contributed by atoms with E-state index in [9.17, 15) is 18.4 Å². The quantitative estimate of drug-likeness (QED) is 0.446. The van der Waals surface area contributed by atoms with Crippen LogP contribution in [0.4, 0.5) is 14.7 Å². The van der Waals surface area contributed by atoms with Gasteiger partial charge < -0.3 is 24.2 Å². The minimum atomic E-state index is -2.81. The third-order valence-electron chi connectivity index (χ3n) is 8.02. The first-order valence-electron chi connectivity index (χ1n) is 14.1. The van der Waals surface area contributed by atoms with E-state index >= 15 is 0 Å². The molecule has 41 heavy (non-hydrogen) atoms. The van der Waals surface area contributed by atoms with E-state index in [1.165, 1.54) is 4.57 Å². The molecule has 0 unspecified atom stereocenters. The zero-order valence-electron chi connectivity index (χ0n) is 22.9. The number of ether oxygens (including phenoxy) is 2. The van der Waals surface area contributed by atoms with Gasteiger partial charge in [-0.05, 0) is 25.0 Å². The van der Waals surface area contributed by atoms with Crippen LogP contribution in [0.3, 0.4) is 0 Å². The highest BCUT2D eigenvalue weighted by Crippen LogP contribution is 2.30. The molecule has 3 aliphatic heterocycles. The van der Waals surface area contributed by atoms with Gasteiger partial charge in [-0.15, -0.1) is 0 Å². The van der Waals surface area contributed by atoms with Crippen molar-refractivity contribution in [3.05, 3.63) is 36.2 Å². The number of hydrogen-bond donors (Lipinski definition) is 0. The summed E-state index contributed by atoms with van der Waals surface area (Å²) in [6, 6.07) is 8.50. The Labute approximate surface area is 236 Å². The van der Waals surface area contributed by atoms with Gasteiger partial charge in [0.15, 0.2) is 5.82 Å². The SMILES string of the molecule is CC(=O)N1CCC(C(=O)N2CC[C@H](Oc3cc(-n4c(C(F)F)nc5ccccc54)nc(N4CCOCC4)n3)C2)CC1. The number of aromatic nitrogens is 4. The Morgan fingerprint density at radius 3 is 2.44 bits per heavy atom. The minimum Gasteiger partial charge on any atom is -0.472 e. The molecule has 13 heteroatoms. The van der Waals surface area contributed by atoms with Crippen LogP contribution in [0.5, 0.6) is 5.88 Å². The number of carbonyl (C=O) groups excluding carboxylic acids is 2. The summed E-state index contributed by atoms with van der Waals surface area (Å²) in [5.41, 5.74) is 0.949. The van der Waals surface area contributed by atoms with Crippen LogP contribution >= 0.6 is 0 Å². The topological polar surface area (TPSA) is 106 Å². The number of hydrogen-bond acceptors (Lipinski definition) is 8. The number of alkyl halides is 2. The maximum atomic E-state index is 14.1. The number of anilines is 1. The summed E-state index contributed by atoms with van der Waals surface area (Å²) in [6.07, 6.45) is -1.18. The van der Waals surface area contributed by atoms with Gasteiger partial charge in [-0.3, -0.25) is 14.2 Å². The first-order valence-corrected chi connectivity index (χ1v) is 14.1. The fourth-order valence-electron chi connectivity index (χ4n) is 5.81. The van der Waals surface area contributed by atoms with Crippen LogP contribution in [0.1, 0.15) is 38.4 Å². The van der Waals surface area contributed by atoms with Gasteiger partial charge in [-0.25, -0.2) is 13.8 Å². The Morgan fingerprint density at radius 1 is 0.976 bits per heavy atom. The van der Waals surface area contributed by atoms with Gasteiger partial charge >= 0.3 is 0 Å². The Balaban J connectivity index is 1.24. The molecule has 2 aromatic heterocycles. The fraction of sp³-hybridized carbons (Fsp3) is 0.536. The van der Waals surface area contributed by atoms with Crippen LogP contribution < -0.4 is 9.64 Å². The van der Waals surface area contributed by atoms with E-state index < -0.39 is 12.2 Å². The molecular formula is C28H33F2N7O4. The monoisotopic (exact) mass is 569 g/mol. The normalized spacial score (nSPS) is 20.3. The van der Waals surface area contributed by atoms with Crippen LogP contribution in [0.2, 0.25) is 0 Å². The molecule has 0 N–H and O–H groups in total. The lowest BCUT2D eigenvalue weighted by atomic mass is 9.95. The number of fused-ring (bicyclic) bond motifs is 1. The number of imidazole rings is 1. The van der Waals surface area contributed by atoms with Gasteiger partial charge in [-0.2, -0.15) is 9.97 Å². The van der Waals surface area contributed by atoms with Crippen molar-refractivity contribution in [2.24, 2.45) is 5.92 Å². The Bertz CT molecular complexity index is 1420. The van der Waals surface area contributed by atoms with Crippen molar-refractivity contribution >= 4 is 28.8 Å². The van der Waals surface area contributed by atoms with E-state index in [0.717, 1.165) is 0 Å². The van der Waals surface area contributed by atoms with Gasteiger partial charge in [-0.1, -0.05) is 12.1 Å². The molecule has 5 heterocycles. The van der Waals surface area contributed by atoms with E-state index in [0.29, 0.717) is 88.7 Å². The Morgan fingerprint density at radius 2 is 1.71 bits per heavy atom. The predicted octanol–water partition coefficient (Wildman–Crippen LogP) is 2.83. The lowest BCUT2D eigenvalue weighted by Crippen LogP contribution is -2.43. The molecule has 0 bridgehead atoms. The zero-order valence-corrected chi connectivity index (χ0v) is 22.9. The molecule has 0 saturated carbocycles. The molecule has 1 atom stereocenters. The van der Waals surface area contributed by atoms with Gasteiger partial charge in [0.2, 0.25) is 23.6 Å². The molecule has 0 spiro atoms. The number of morpholine rings is 1. The van der Waals surface area contributed by atoms with Crippen LogP contribution in [0.15, 0.2) is 30.3 Å². The average Bonchev–Trinajstić information content (AvgIpc) is 3.62. The molecular weight excluding hydrogens is 536 g/mol. The maximum Gasteiger partial charge on any atom is 0.296 e. The number of likely N-dealkylation sites (tertiary alicyclic amines) is 2. The van der Waals surface area contributed by atoms with Crippen LogP contribution in [-0.2, 0) is 14.3 Å². The van der Waals surface area contributed by atoms with Crippen molar-refractivity contribution in [3.63, 3.8) is 0 Å². The maximum absolute atomic E-state index is 14.1. The van der Waals surface area contributed by atoms with Gasteiger partial charge in [0.25, 0.3) is 6.43 Å². The highest BCUT2D eigenvalue weighted by Gasteiger charge is 2.34. The number of rotatable bonds is 6. The van der Waals surface area contributed by atoms with Crippen molar-refractivity contribution in [1.82, 2.24) is 29.3 Å². The zero-order chi connectivity index (χ0) is 28.5. The van der Waals surface area contributed by atoms with E-state index in [1.54, 1.807) is 42.2 Å². The Hall–Kier alpha value is -3.87. The van der Waals surface area contributed by atoms with Crippen LogP contribution in [0, 0.1) is 5.92 Å². The number of benzene rings is 1. The Kier molecular flexibility index (Phi) is 7.69. The van der Waals surface area contributed by atoms with E-state index in [-0.39, 0.29) is 35.5 Å². The largest absolute Gasteiger partial charge is 0.472 e. The molecule has 3 aromatic rings. The number of carbonyl (C=O) groups is 2. The number of halogens is 2. The molecule has 6 rings (SSSR count). The third kappa shape index (κ3) is 5.67. The van der Waals surface area contributed by atoms with E-state index in [4.69, 9.17) is 9.47 Å². The molecule has 2 amide bonds. The molecule has 218 valence electrons. The second kappa shape index (κ2) is 11.6. The molecule has 0 radical (unpaired) electrons. The summed E-state index contributed by atoms with van der Waals surface area (Å²) in [5.74, 6) is 0.468. The van der Waals surface area contributed by atoms with E-state index in [1.807, 2.05) is 9.80 Å². The van der Waals surface area contributed by atoms with Crippen molar-refractivity contribution in [3.8, 4) is 11.7 Å². The van der Waals surface area contributed by atoms with Gasteiger partial charge in [0.05, 0.1) is 30.8 Å². The van der Waals surface area contributed by atoms with Gasteiger partial charge in [0.1, 0.15) is 11.9 Å². The van der Waals surface area contributed by atoms with Gasteiger partial charge in [0, 0.05) is 58.1 Å². The summed E-state index contributed by atoms with van der Waals surface area (Å²) in [6.45, 7) is 5.84. The lowest BCUT2D eigenvalue weighted by Gasteiger charge is -2.32. The van der Waals surface area contributed by atoms with Crippen molar-refractivity contribution in [2.75, 3.05) is 57.4 Å². The smallest absolute Gasteiger partial charge is 0.296 e. The minimum absolute atomic E-state index is 0.0376. The second-order valence-electron chi connectivity index (χ2n) is 10.7. The molecule has 3 saturated heterocycles. The van der Waals surface area contributed by atoms with Crippen LogP contribution in [0.25, 0.3) is 16.9 Å². The number of nitrogens with zero attached hydrogens (tertiary/aromatic N) is 7. The third-order valence-corrected chi connectivity index (χ3v) is 8.02. The number of piperidine rings is 1. The van der Waals surface area contributed by atoms with Crippen LogP contribution in [-0.4, -0.2) is 99.7 Å². The molecule has 1 aromatic carbocycles. The van der Waals surface area contributed by atoms with Crippen molar-refractivity contribution in [1.29, 1.82) is 0 Å². The highest BCUT2D eigenvalue weighted by molar-refractivity contribution is 5.80. The molecule has 11 nitrogen and oxygen atoms in total. The fourth-order valence-corrected chi connectivity index (χ4v) is 5.81. The van der Waals surface area contributed by atoms with E-state index in [2.05, 4.69) is 15.0 Å². The summed E-state index contributed by atoms with van der Waals surface area (Å²) in [5, 5.41) is 0. The predicted molar refractivity (Wildman–Crippen MR) is 145 cm³/mol. The number of amides is 2. The first-order chi connectivity index (χ1) is 19.9. The summed E-state index contributed by atoms with van der Waals surface area (Å²) in [4.78, 5) is 43.9. The molecule has 0 aliphatic carbocycles. The summed E-state index contributed by atoms with van der Waals surface area (Å²) < 4.78 is 41.4. The number of para-hydroxylation sites is 2. The standard InChI is InChI=1S/C28H33F2N7O4/c1-18(38)34-9-6-19(7-10-34)27(39)36-11-8-20(17-36)41-24-16-23(32-28(33-24)35-12-14-40-15-13-35)37-22-5-3-2-4-21(22)31-26(37)25(29)30/h2-5,16,19-20,25H,6-15,17H2,1H3/t20-/m0/s1. The lowest BCUT2D eigenvalue weighted by molar-refractivity contribution is -0.139. The molecule has 3 aliphatic rings. The molecule has 3 fully saturated rings. The second-order valence-corrected chi connectivity index (χ2v) is 10.7. The average molecular weight is 570 g/mol.